The third-order valence-electron chi connectivity index (χ3n) is 4.41. The molecule has 0 amide bonds. The molecule has 1 saturated heterocycles. The van der Waals surface area contributed by atoms with Crippen molar-refractivity contribution in [1.29, 1.82) is 0 Å². The van der Waals surface area contributed by atoms with Gasteiger partial charge in [0.2, 0.25) is 0 Å². The van der Waals surface area contributed by atoms with Gasteiger partial charge in [-0.2, -0.15) is 0 Å². The van der Waals surface area contributed by atoms with E-state index in [0.717, 1.165) is 5.56 Å². The molecule has 0 aliphatic carbocycles. The minimum atomic E-state index is -1.19. The summed E-state index contributed by atoms with van der Waals surface area (Å²) < 4.78 is 7.11. The summed E-state index contributed by atoms with van der Waals surface area (Å²) in [7, 11) is 0. The highest BCUT2D eigenvalue weighted by molar-refractivity contribution is 7.98. The van der Waals surface area contributed by atoms with E-state index in [2.05, 4.69) is 15.0 Å². The van der Waals surface area contributed by atoms with E-state index in [1.165, 1.54) is 24.4 Å². The monoisotopic (exact) mass is 408 g/mol. The summed E-state index contributed by atoms with van der Waals surface area (Å²) in [5.41, 5.74) is 2.16. The van der Waals surface area contributed by atoms with E-state index in [4.69, 9.17) is 16.3 Å². The van der Waals surface area contributed by atoms with Crippen molar-refractivity contribution in [2.24, 2.45) is 0 Å². The first kappa shape index (κ1) is 18.6. The molecular weight excluding hydrogens is 392 g/mol. The number of thioether (sulfide) groups is 1. The minimum Gasteiger partial charge on any atom is -0.394 e. The molecule has 142 valence electrons. The van der Waals surface area contributed by atoms with Gasteiger partial charge in [-0.15, -0.1) is 0 Å². The zero-order valence-corrected chi connectivity index (χ0v) is 15.6. The number of nitrogens with zero attached hydrogens (tertiary/aromatic N) is 4. The molecule has 3 heterocycles. The predicted octanol–water partition coefficient (Wildman–Crippen LogP) is 1.38. The number of benzene rings is 1. The quantitative estimate of drug-likeness (QED) is 0.428. The molecule has 2 aromatic heterocycles. The van der Waals surface area contributed by atoms with E-state index in [9.17, 15) is 15.3 Å². The van der Waals surface area contributed by atoms with E-state index in [1.54, 1.807) is 4.57 Å². The van der Waals surface area contributed by atoms with Crippen LogP contribution in [-0.4, -0.2) is 59.8 Å². The Morgan fingerprint density at radius 1 is 1.11 bits per heavy atom. The molecular formula is C17H17ClN4O4S. The zero-order valence-electron chi connectivity index (χ0n) is 14.0. The zero-order chi connectivity index (χ0) is 19.0. The molecule has 1 aliphatic rings. The van der Waals surface area contributed by atoms with Crippen molar-refractivity contribution in [3.63, 3.8) is 0 Å². The lowest BCUT2D eigenvalue weighted by atomic mass is 10.1. The highest BCUT2D eigenvalue weighted by Crippen LogP contribution is 2.33. The maximum absolute atomic E-state index is 10.2. The SMILES string of the molecule is OC[C@H]1O[C@@H](n2cnc3c(SCc4ccc(Cl)cc4)ncnc32)[C@H](O)[C@@H]1O. The Kier molecular flexibility index (Phi) is 5.31. The van der Waals surface area contributed by atoms with Gasteiger partial charge in [0.15, 0.2) is 11.9 Å². The van der Waals surface area contributed by atoms with Gasteiger partial charge in [0.25, 0.3) is 0 Å². The second kappa shape index (κ2) is 7.70. The van der Waals surface area contributed by atoms with E-state index >= 15 is 0 Å². The maximum Gasteiger partial charge on any atom is 0.166 e. The Balaban J connectivity index is 1.59. The van der Waals surface area contributed by atoms with Gasteiger partial charge in [0.05, 0.1) is 12.9 Å². The number of ether oxygens (including phenoxy) is 1. The summed E-state index contributed by atoms with van der Waals surface area (Å²) in [6, 6.07) is 7.57. The van der Waals surface area contributed by atoms with Crippen LogP contribution >= 0.6 is 23.4 Å². The number of hydrogen-bond donors (Lipinski definition) is 3. The average molecular weight is 409 g/mol. The van der Waals surface area contributed by atoms with Crippen LogP contribution in [0.4, 0.5) is 0 Å². The second-order valence-electron chi connectivity index (χ2n) is 6.15. The Morgan fingerprint density at radius 2 is 1.89 bits per heavy atom. The fourth-order valence-corrected chi connectivity index (χ4v) is 3.99. The van der Waals surface area contributed by atoms with Gasteiger partial charge in [-0.3, -0.25) is 4.57 Å². The number of halogens is 1. The molecule has 1 fully saturated rings. The molecule has 8 nitrogen and oxygen atoms in total. The van der Waals surface area contributed by atoms with E-state index in [1.807, 2.05) is 24.3 Å². The van der Waals surface area contributed by atoms with Gasteiger partial charge in [-0.05, 0) is 17.7 Å². The highest BCUT2D eigenvalue weighted by atomic mass is 35.5. The molecule has 4 rings (SSSR count). The molecule has 1 aromatic carbocycles. The Bertz CT molecular complexity index is 938. The molecule has 3 aromatic rings. The Morgan fingerprint density at radius 3 is 2.59 bits per heavy atom. The van der Waals surface area contributed by atoms with E-state index < -0.39 is 31.1 Å². The normalized spacial score (nSPS) is 25.3. The van der Waals surface area contributed by atoms with Gasteiger partial charge >= 0.3 is 0 Å². The molecule has 0 spiro atoms. The summed E-state index contributed by atoms with van der Waals surface area (Å²) >= 11 is 7.42. The smallest absolute Gasteiger partial charge is 0.166 e. The van der Waals surface area contributed by atoms with Crippen LogP contribution in [0.2, 0.25) is 5.02 Å². The largest absolute Gasteiger partial charge is 0.394 e. The number of imidazole rings is 1. The summed E-state index contributed by atoms with van der Waals surface area (Å²) in [6.07, 6.45) is -1.20. The van der Waals surface area contributed by atoms with Crippen LogP contribution in [0.25, 0.3) is 11.2 Å². The van der Waals surface area contributed by atoms with Gasteiger partial charge in [-0.1, -0.05) is 35.5 Å². The molecule has 0 unspecified atom stereocenters. The molecule has 4 atom stereocenters. The fourth-order valence-electron chi connectivity index (χ4n) is 2.96. The number of aromatic nitrogens is 4. The topological polar surface area (TPSA) is 114 Å². The lowest BCUT2D eigenvalue weighted by molar-refractivity contribution is -0.0511. The van der Waals surface area contributed by atoms with Gasteiger partial charge < -0.3 is 20.1 Å². The van der Waals surface area contributed by atoms with Crippen LogP contribution in [0.1, 0.15) is 11.8 Å². The fraction of sp³-hybridized carbons (Fsp3) is 0.353. The van der Waals surface area contributed by atoms with E-state index in [-0.39, 0.29) is 0 Å². The minimum absolute atomic E-state index is 0.390. The molecule has 0 bridgehead atoms. The number of aliphatic hydroxyl groups is 3. The van der Waals surface area contributed by atoms with Crippen molar-refractivity contribution in [3.8, 4) is 0 Å². The lowest BCUT2D eigenvalue weighted by Crippen LogP contribution is -2.33. The van der Waals surface area contributed by atoms with Gasteiger partial charge in [-0.25, -0.2) is 15.0 Å². The highest BCUT2D eigenvalue weighted by Gasteiger charge is 2.44. The van der Waals surface area contributed by atoms with Crippen molar-refractivity contribution in [2.75, 3.05) is 6.61 Å². The van der Waals surface area contributed by atoms with Gasteiger partial charge in [0.1, 0.15) is 35.2 Å². The molecule has 27 heavy (non-hydrogen) atoms. The van der Waals surface area contributed by atoms with Crippen LogP contribution in [0.15, 0.2) is 41.9 Å². The number of rotatable bonds is 5. The Labute approximate surface area is 163 Å². The van der Waals surface area contributed by atoms with E-state index in [0.29, 0.717) is 27.0 Å². The van der Waals surface area contributed by atoms with Crippen molar-refractivity contribution in [3.05, 3.63) is 47.5 Å². The van der Waals surface area contributed by atoms with Crippen LogP contribution in [0.3, 0.4) is 0 Å². The van der Waals surface area contributed by atoms with Crippen LogP contribution < -0.4 is 0 Å². The molecule has 0 saturated carbocycles. The predicted molar refractivity (Wildman–Crippen MR) is 99.3 cm³/mol. The third kappa shape index (κ3) is 3.54. The first-order valence-corrected chi connectivity index (χ1v) is 9.62. The van der Waals surface area contributed by atoms with Crippen LogP contribution in [-0.2, 0) is 10.5 Å². The first-order chi connectivity index (χ1) is 13.1. The number of aliphatic hydroxyl groups excluding tert-OH is 3. The standard InChI is InChI=1S/C17H17ClN4O4S/c18-10-3-1-9(2-4-10)6-27-16-12-15(19-7-20-16)22(8-21-12)17-14(25)13(24)11(5-23)26-17/h1-4,7-8,11,13-14,17,23-25H,5-6H2/t11-,13-,14-,17-/m1/s1. The number of hydrogen-bond acceptors (Lipinski definition) is 8. The number of fused-ring (bicyclic) bond motifs is 1. The third-order valence-corrected chi connectivity index (χ3v) is 5.71. The molecule has 1 aliphatic heterocycles. The Hall–Kier alpha value is -1.75. The molecule has 10 heteroatoms. The van der Waals surface area contributed by atoms with Crippen molar-refractivity contribution < 1.29 is 20.1 Å². The lowest BCUT2D eigenvalue weighted by Gasteiger charge is -2.16. The van der Waals surface area contributed by atoms with Crippen molar-refractivity contribution in [2.45, 2.75) is 35.3 Å². The summed E-state index contributed by atoms with van der Waals surface area (Å²) in [4.78, 5) is 12.9. The first-order valence-electron chi connectivity index (χ1n) is 8.25. The molecule has 0 radical (unpaired) electrons. The molecule has 3 N–H and O–H groups in total. The van der Waals surface area contributed by atoms with Crippen molar-refractivity contribution >= 4 is 34.5 Å². The summed E-state index contributed by atoms with van der Waals surface area (Å²) in [5, 5.41) is 30.9. The van der Waals surface area contributed by atoms with Crippen molar-refractivity contribution in [1.82, 2.24) is 19.5 Å². The van der Waals surface area contributed by atoms with Crippen LogP contribution in [0.5, 0.6) is 0 Å². The summed E-state index contributed by atoms with van der Waals surface area (Å²) in [6.45, 7) is -0.390. The van der Waals surface area contributed by atoms with Crippen LogP contribution in [0, 0.1) is 0 Å². The van der Waals surface area contributed by atoms with Gasteiger partial charge in [0, 0.05) is 10.8 Å². The second-order valence-corrected chi connectivity index (χ2v) is 7.55. The average Bonchev–Trinajstić information content (AvgIpc) is 3.23. The summed E-state index contributed by atoms with van der Waals surface area (Å²) in [5.74, 6) is 0.685. The maximum atomic E-state index is 10.2.